The van der Waals surface area contributed by atoms with Crippen LogP contribution < -0.4 is 19.1 Å². The molecule has 0 saturated carbocycles. The molecule has 1 atom stereocenters. The van der Waals surface area contributed by atoms with Crippen LogP contribution in [-0.2, 0) is 14.8 Å². The minimum Gasteiger partial charge on any atom is -0.493 e. The quantitative estimate of drug-likeness (QED) is 0.697. The van der Waals surface area contributed by atoms with Gasteiger partial charge >= 0.3 is 0 Å². The van der Waals surface area contributed by atoms with Crippen LogP contribution in [0.5, 0.6) is 11.5 Å². The van der Waals surface area contributed by atoms with Crippen molar-refractivity contribution in [1.29, 1.82) is 0 Å². The fourth-order valence-corrected chi connectivity index (χ4v) is 4.20. The Bertz CT molecular complexity index is 949. The highest BCUT2D eigenvalue weighted by molar-refractivity contribution is 7.92. The van der Waals surface area contributed by atoms with Crippen molar-refractivity contribution in [2.45, 2.75) is 19.4 Å². The van der Waals surface area contributed by atoms with Gasteiger partial charge in [-0.3, -0.25) is 9.10 Å². The SMILES string of the molecule is CC[C@@H](C(=O)Nc1ccc(OC)c(OC)c1)N(c1cccc(Cl)c1)S(C)(=O)=O. The maximum absolute atomic E-state index is 12.9. The summed E-state index contributed by atoms with van der Waals surface area (Å²) in [5.41, 5.74) is 0.782. The largest absolute Gasteiger partial charge is 0.493 e. The van der Waals surface area contributed by atoms with Gasteiger partial charge in [0.05, 0.1) is 26.2 Å². The molecule has 28 heavy (non-hydrogen) atoms. The van der Waals surface area contributed by atoms with Gasteiger partial charge in [0.25, 0.3) is 0 Å². The van der Waals surface area contributed by atoms with E-state index in [0.717, 1.165) is 10.6 Å². The average molecular weight is 427 g/mol. The standard InChI is InChI=1S/C19H23ClN2O5S/c1-5-16(22(28(4,24)25)15-8-6-7-13(20)11-15)19(23)21-14-9-10-17(26-2)18(12-14)27-3/h6-12,16H,5H2,1-4H3,(H,21,23)/t16-/m0/s1. The number of benzene rings is 2. The molecule has 9 heteroatoms. The molecule has 152 valence electrons. The highest BCUT2D eigenvalue weighted by Gasteiger charge is 2.31. The summed E-state index contributed by atoms with van der Waals surface area (Å²) in [6, 6.07) is 10.3. The van der Waals surface area contributed by atoms with Crippen molar-refractivity contribution < 1.29 is 22.7 Å². The van der Waals surface area contributed by atoms with Gasteiger partial charge in [-0.2, -0.15) is 0 Å². The Labute approximate surface area is 170 Å². The summed E-state index contributed by atoms with van der Waals surface area (Å²) in [5, 5.41) is 3.12. The van der Waals surface area contributed by atoms with Crippen LogP contribution in [0, 0.1) is 0 Å². The molecule has 0 radical (unpaired) electrons. The number of sulfonamides is 1. The van der Waals surface area contributed by atoms with Crippen molar-refractivity contribution >= 4 is 38.9 Å². The monoisotopic (exact) mass is 426 g/mol. The second kappa shape index (κ2) is 9.16. The summed E-state index contributed by atoms with van der Waals surface area (Å²) in [5.74, 6) is 0.493. The molecule has 0 fully saturated rings. The number of hydrogen-bond donors (Lipinski definition) is 1. The van der Waals surface area contributed by atoms with Crippen molar-refractivity contribution in [3.05, 3.63) is 47.5 Å². The molecule has 0 aromatic heterocycles. The molecule has 1 N–H and O–H groups in total. The zero-order valence-corrected chi connectivity index (χ0v) is 17.7. The van der Waals surface area contributed by atoms with Crippen LogP contribution in [0.3, 0.4) is 0 Å². The Hall–Kier alpha value is -2.45. The van der Waals surface area contributed by atoms with Crippen LogP contribution in [0.2, 0.25) is 5.02 Å². The molecule has 2 aromatic rings. The van der Waals surface area contributed by atoms with E-state index in [2.05, 4.69) is 5.32 Å². The van der Waals surface area contributed by atoms with E-state index in [-0.39, 0.29) is 6.42 Å². The summed E-state index contributed by atoms with van der Waals surface area (Å²) in [6.07, 6.45) is 1.32. The lowest BCUT2D eigenvalue weighted by molar-refractivity contribution is -0.117. The van der Waals surface area contributed by atoms with Crippen LogP contribution in [0.1, 0.15) is 13.3 Å². The van der Waals surface area contributed by atoms with Gasteiger partial charge in [0.15, 0.2) is 11.5 Å². The Morgan fingerprint density at radius 1 is 1.14 bits per heavy atom. The Kier molecular flexibility index (Phi) is 7.15. The third kappa shape index (κ3) is 5.08. The minimum absolute atomic E-state index is 0.263. The van der Waals surface area contributed by atoms with Gasteiger partial charge in [-0.05, 0) is 36.8 Å². The van der Waals surface area contributed by atoms with Crippen LogP contribution in [0.4, 0.5) is 11.4 Å². The maximum atomic E-state index is 12.9. The first kappa shape index (κ1) is 21.8. The fraction of sp³-hybridized carbons (Fsp3) is 0.316. The number of nitrogens with one attached hydrogen (secondary N) is 1. The molecule has 0 heterocycles. The number of ether oxygens (including phenoxy) is 2. The van der Waals surface area contributed by atoms with Gasteiger partial charge in [0.1, 0.15) is 6.04 Å². The molecule has 1 amide bonds. The first-order valence-corrected chi connectivity index (χ1v) is 10.7. The second-order valence-corrected chi connectivity index (χ2v) is 8.32. The van der Waals surface area contributed by atoms with E-state index in [1.807, 2.05) is 0 Å². The van der Waals surface area contributed by atoms with E-state index in [1.54, 1.807) is 43.3 Å². The third-order valence-corrected chi connectivity index (χ3v) is 5.46. The van der Waals surface area contributed by atoms with Gasteiger partial charge in [-0.15, -0.1) is 0 Å². The highest BCUT2D eigenvalue weighted by Crippen LogP contribution is 2.30. The van der Waals surface area contributed by atoms with Gasteiger partial charge in [-0.25, -0.2) is 8.42 Å². The highest BCUT2D eigenvalue weighted by atomic mass is 35.5. The van der Waals surface area contributed by atoms with Crippen LogP contribution in [-0.4, -0.2) is 40.8 Å². The van der Waals surface area contributed by atoms with E-state index in [1.165, 1.54) is 20.3 Å². The average Bonchev–Trinajstić information content (AvgIpc) is 2.64. The number of methoxy groups -OCH3 is 2. The zero-order valence-electron chi connectivity index (χ0n) is 16.1. The van der Waals surface area contributed by atoms with E-state index in [4.69, 9.17) is 21.1 Å². The molecule has 0 unspecified atom stereocenters. The van der Waals surface area contributed by atoms with Crippen molar-refractivity contribution in [2.24, 2.45) is 0 Å². The van der Waals surface area contributed by atoms with Crippen molar-refractivity contribution in [3.8, 4) is 11.5 Å². The fourth-order valence-electron chi connectivity index (χ4n) is 2.81. The summed E-state index contributed by atoms with van der Waals surface area (Å²) < 4.78 is 36.4. The van der Waals surface area contributed by atoms with E-state index in [0.29, 0.717) is 27.9 Å². The Morgan fingerprint density at radius 2 is 1.82 bits per heavy atom. The first-order chi connectivity index (χ1) is 13.2. The van der Waals surface area contributed by atoms with E-state index >= 15 is 0 Å². The van der Waals surface area contributed by atoms with Gasteiger partial charge in [0, 0.05) is 16.8 Å². The minimum atomic E-state index is -3.74. The first-order valence-electron chi connectivity index (χ1n) is 8.49. The van der Waals surface area contributed by atoms with E-state index in [9.17, 15) is 13.2 Å². The third-order valence-electron chi connectivity index (χ3n) is 4.04. The number of hydrogen-bond acceptors (Lipinski definition) is 5. The van der Waals surface area contributed by atoms with Crippen LogP contribution >= 0.6 is 11.6 Å². The molecular formula is C19H23ClN2O5S. The van der Waals surface area contributed by atoms with Crippen LogP contribution in [0.25, 0.3) is 0 Å². The number of halogens is 1. The van der Waals surface area contributed by atoms with Crippen molar-refractivity contribution in [2.75, 3.05) is 30.1 Å². The molecule has 0 bridgehead atoms. The van der Waals surface area contributed by atoms with Crippen molar-refractivity contribution in [3.63, 3.8) is 0 Å². The molecule has 0 aliphatic rings. The maximum Gasteiger partial charge on any atom is 0.248 e. The smallest absolute Gasteiger partial charge is 0.248 e. The molecule has 0 aliphatic heterocycles. The predicted octanol–water partition coefficient (Wildman–Crippen LogP) is 3.54. The summed E-state index contributed by atoms with van der Waals surface area (Å²) >= 11 is 6.01. The van der Waals surface area contributed by atoms with E-state index < -0.39 is 22.0 Å². The number of nitrogens with zero attached hydrogens (tertiary/aromatic N) is 1. The normalized spacial score (nSPS) is 12.2. The topological polar surface area (TPSA) is 84.9 Å². The van der Waals surface area contributed by atoms with Crippen molar-refractivity contribution in [1.82, 2.24) is 0 Å². The number of amides is 1. The van der Waals surface area contributed by atoms with Crippen LogP contribution in [0.15, 0.2) is 42.5 Å². The lowest BCUT2D eigenvalue weighted by Gasteiger charge is -2.30. The lowest BCUT2D eigenvalue weighted by Crippen LogP contribution is -2.47. The summed E-state index contributed by atoms with van der Waals surface area (Å²) in [4.78, 5) is 12.9. The lowest BCUT2D eigenvalue weighted by atomic mass is 10.1. The summed E-state index contributed by atoms with van der Waals surface area (Å²) in [6.45, 7) is 1.74. The predicted molar refractivity (Wildman–Crippen MR) is 111 cm³/mol. The number of anilines is 2. The molecular weight excluding hydrogens is 404 g/mol. The Morgan fingerprint density at radius 3 is 2.36 bits per heavy atom. The molecule has 0 spiro atoms. The summed E-state index contributed by atoms with van der Waals surface area (Å²) in [7, 11) is -0.737. The molecule has 0 saturated heterocycles. The second-order valence-electron chi connectivity index (χ2n) is 6.02. The molecule has 2 aromatic carbocycles. The number of rotatable bonds is 8. The van der Waals surface area contributed by atoms with Gasteiger partial charge in [-0.1, -0.05) is 24.6 Å². The number of carbonyl (C=O) groups excluding carboxylic acids is 1. The van der Waals surface area contributed by atoms with Gasteiger partial charge in [0.2, 0.25) is 15.9 Å². The molecule has 0 aliphatic carbocycles. The zero-order chi connectivity index (χ0) is 20.9. The molecule has 7 nitrogen and oxygen atoms in total. The number of carbonyl (C=O) groups is 1. The molecule has 2 rings (SSSR count). The van der Waals surface area contributed by atoms with Gasteiger partial charge < -0.3 is 14.8 Å². The Balaban J connectivity index is 2.37.